The second-order valence-corrected chi connectivity index (χ2v) is 3.78. The normalized spacial score (nSPS) is 44.2. The van der Waals surface area contributed by atoms with Crippen LogP contribution in [0.3, 0.4) is 0 Å². The molecule has 0 saturated heterocycles. The first-order valence-electron chi connectivity index (χ1n) is 4.40. The molecular formula is C9H12O3. The maximum Gasteiger partial charge on any atom is 0.307 e. The van der Waals surface area contributed by atoms with E-state index >= 15 is 0 Å². The Bertz CT molecular complexity index is 258. The summed E-state index contributed by atoms with van der Waals surface area (Å²) >= 11 is 0. The molecule has 0 spiro atoms. The van der Waals surface area contributed by atoms with Gasteiger partial charge in [-0.25, -0.2) is 0 Å². The Balaban J connectivity index is 2.27. The monoisotopic (exact) mass is 168 g/mol. The van der Waals surface area contributed by atoms with Crippen molar-refractivity contribution < 1.29 is 14.7 Å². The van der Waals surface area contributed by atoms with Gasteiger partial charge in [0.15, 0.2) is 0 Å². The zero-order valence-electron chi connectivity index (χ0n) is 7.04. The topological polar surface area (TPSA) is 54.4 Å². The first-order chi connectivity index (χ1) is 5.64. The molecule has 0 aliphatic heterocycles. The molecule has 0 radical (unpaired) electrons. The molecule has 2 fully saturated rings. The Morgan fingerprint density at radius 2 is 2.42 bits per heavy atom. The Morgan fingerprint density at radius 1 is 1.75 bits per heavy atom. The third kappa shape index (κ3) is 0.625. The molecule has 0 aromatic heterocycles. The molecule has 66 valence electrons. The van der Waals surface area contributed by atoms with Gasteiger partial charge < -0.3 is 5.11 Å². The van der Waals surface area contributed by atoms with Crippen molar-refractivity contribution in [2.24, 2.45) is 17.3 Å². The summed E-state index contributed by atoms with van der Waals surface area (Å²) in [7, 11) is 0. The van der Waals surface area contributed by atoms with Crippen molar-refractivity contribution in [1.82, 2.24) is 0 Å². The number of carboxylic acids is 1. The van der Waals surface area contributed by atoms with Crippen LogP contribution < -0.4 is 0 Å². The van der Waals surface area contributed by atoms with Crippen molar-refractivity contribution in [3.05, 3.63) is 0 Å². The van der Waals surface area contributed by atoms with Crippen LogP contribution in [0.15, 0.2) is 0 Å². The summed E-state index contributed by atoms with van der Waals surface area (Å²) in [6.45, 7) is 1.92. The quantitative estimate of drug-likeness (QED) is 0.671. The molecule has 1 N–H and O–H groups in total. The average Bonchev–Trinajstić information content (AvgIpc) is 2.60. The summed E-state index contributed by atoms with van der Waals surface area (Å²) in [6, 6.07) is 0. The van der Waals surface area contributed by atoms with Gasteiger partial charge in [-0.1, -0.05) is 6.92 Å². The molecule has 3 heteroatoms. The van der Waals surface area contributed by atoms with Gasteiger partial charge in [0.1, 0.15) is 5.78 Å². The van der Waals surface area contributed by atoms with Gasteiger partial charge in [-0.3, -0.25) is 9.59 Å². The van der Waals surface area contributed by atoms with E-state index in [0.29, 0.717) is 12.8 Å². The SMILES string of the molecule is CCC12C(=O)CCC1[C@@H]2C(=O)O. The van der Waals surface area contributed by atoms with Crippen molar-refractivity contribution in [3.8, 4) is 0 Å². The molecule has 2 saturated carbocycles. The highest BCUT2D eigenvalue weighted by Crippen LogP contribution is 2.68. The summed E-state index contributed by atoms with van der Waals surface area (Å²) in [6.07, 6.45) is 2.10. The molecule has 0 heterocycles. The number of fused-ring (bicyclic) bond motifs is 1. The summed E-state index contributed by atoms with van der Waals surface area (Å²) in [5.74, 6) is -0.798. The van der Waals surface area contributed by atoms with Crippen LogP contribution in [0.2, 0.25) is 0 Å². The third-order valence-corrected chi connectivity index (χ3v) is 3.56. The highest BCUT2D eigenvalue weighted by Gasteiger charge is 2.73. The fourth-order valence-corrected chi connectivity index (χ4v) is 2.91. The third-order valence-electron chi connectivity index (χ3n) is 3.56. The number of carbonyl (C=O) groups is 2. The van der Waals surface area contributed by atoms with Gasteiger partial charge in [0.2, 0.25) is 0 Å². The minimum absolute atomic E-state index is 0.160. The summed E-state index contributed by atoms with van der Waals surface area (Å²) in [4.78, 5) is 22.2. The van der Waals surface area contributed by atoms with E-state index in [1.165, 1.54) is 0 Å². The molecule has 2 rings (SSSR count). The van der Waals surface area contributed by atoms with E-state index in [-0.39, 0.29) is 17.6 Å². The lowest BCUT2D eigenvalue weighted by molar-refractivity contribution is -0.142. The van der Waals surface area contributed by atoms with Gasteiger partial charge in [-0.05, 0) is 18.8 Å². The minimum Gasteiger partial charge on any atom is -0.481 e. The van der Waals surface area contributed by atoms with Crippen LogP contribution in [-0.4, -0.2) is 16.9 Å². The summed E-state index contributed by atoms with van der Waals surface area (Å²) in [5.41, 5.74) is -0.439. The predicted octanol–water partition coefficient (Wildman–Crippen LogP) is 1.08. The predicted molar refractivity (Wildman–Crippen MR) is 41.6 cm³/mol. The molecule has 2 unspecified atom stereocenters. The fourth-order valence-electron chi connectivity index (χ4n) is 2.91. The van der Waals surface area contributed by atoms with Crippen molar-refractivity contribution in [1.29, 1.82) is 0 Å². The standard InChI is InChI=1S/C9H12O3/c1-2-9-5(3-4-6(9)10)7(9)8(11)12/h5,7H,2-4H2,1H3,(H,11,12)/t5?,7-,9?/m1/s1. The Morgan fingerprint density at radius 3 is 2.75 bits per heavy atom. The Labute approximate surface area is 70.8 Å². The highest BCUT2D eigenvalue weighted by molar-refractivity contribution is 5.98. The number of hydrogen-bond donors (Lipinski definition) is 1. The molecule has 2 aliphatic carbocycles. The number of rotatable bonds is 2. The van der Waals surface area contributed by atoms with Crippen molar-refractivity contribution in [3.63, 3.8) is 0 Å². The summed E-state index contributed by atoms with van der Waals surface area (Å²) in [5, 5.41) is 8.82. The number of hydrogen-bond acceptors (Lipinski definition) is 2. The number of carboxylic acid groups (broad SMARTS) is 1. The zero-order chi connectivity index (χ0) is 8.93. The molecular weight excluding hydrogens is 156 g/mol. The van der Waals surface area contributed by atoms with Crippen LogP contribution >= 0.6 is 0 Å². The number of aliphatic carboxylic acids is 1. The first-order valence-corrected chi connectivity index (χ1v) is 4.40. The van der Waals surface area contributed by atoms with Gasteiger partial charge >= 0.3 is 5.97 Å². The van der Waals surface area contributed by atoms with Gasteiger partial charge in [-0.15, -0.1) is 0 Å². The first kappa shape index (κ1) is 7.77. The largest absolute Gasteiger partial charge is 0.481 e. The van der Waals surface area contributed by atoms with E-state index in [0.717, 1.165) is 6.42 Å². The Hall–Kier alpha value is -0.860. The molecule has 0 aromatic carbocycles. The van der Waals surface area contributed by atoms with Crippen molar-refractivity contribution in [2.45, 2.75) is 26.2 Å². The van der Waals surface area contributed by atoms with Gasteiger partial charge in [0, 0.05) is 11.8 Å². The van der Waals surface area contributed by atoms with Crippen molar-refractivity contribution in [2.75, 3.05) is 0 Å². The van der Waals surface area contributed by atoms with Crippen LogP contribution in [0.4, 0.5) is 0 Å². The van der Waals surface area contributed by atoms with Crippen LogP contribution in [0.5, 0.6) is 0 Å². The van der Waals surface area contributed by atoms with E-state index < -0.39 is 11.4 Å². The van der Waals surface area contributed by atoms with E-state index in [9.17, 15) is 9.59 Å². The van der Waals surface area contributed by atoms with Gasteiger partial charge in [0.25, 0.3) is 0 Å². The molecule has 0 amide bonds. The van der Waals surface area contributed by atoms with Gasteiger partial charge in [-0.2, -0.15) is 0 Å². The van der Waals surface area contributed by atoms with Crippen LogP contribution in [0, 0.1) is 17.3 Å². The minimum atomic E-state index is -0.782. The maximum atomic E-state index is 11.4. The Kier molecular flexibility index (Phi) is 1.35. The van der Waals surface area contributed by atoms with E-state index in [1.807, 2.05) is 6.92 Å². The number of carbonyl (C=O) groups excluding carboxylic acids is 1. The maximum absolute atomic E-state index is 11.4. The lowest BCUT2D eigenvalue weighted by Crippen LogP contribution is -2.18. The van der Waals surface area contributed by atoms with Crippen LogP contribution in [0.25, 0.3) is 0 Å². The van der Waals surface area contributed by atoms with Gasteiger partial charge in [0.05, 0.1) is 5.92 Å². The molecule has 0 bridgehead atoms. The number of Topliss-reactive ketones (excluding diaryl/α,β-unsaturated/α-hetero) is 1. The molecule has 3 atom stereocenters. The average molecular weight is 168 g/mol. The lowest BCUT2D eigenvalue weighted by atomic mass is 9.95. The number of ketones is 1. The van der Waals surface area contributed by atoms with Crippen molar-refractivity contribution >= 4 is 11.8 Å². The zero-order valence-corrected chi connectivity index (χ0v) is 7.04. The molecule has 3 nitrogen and oxygen atoms in total. The fraction of sp³-hybridized carbons (Fsp3) is 0.778. The van der Waals surface area contributed by atoms with Crippen LogP contribution in [-0.2, 0) is 9.59 Å². The summed E-state index contributed by atoms with van der Waals surface area (Å²) < 4.78 is 0. The highest BCUT2D eigenvalue weighted by atomic mass is 16.4. The second-order valence-electron chi connectivity index (χ2n) is 3.78. The second kappa shape index (κ2) is 2.09. The molecule has 12 heavy (non-hydrogen) atoms. The molecule has 2 aliphatic rings. The van der Waals surface area contributed by atoms with E-state index in [1.54, 1.807) is 0 Å². The lowest BCUT2D eigenvalue weighted by Gasteiger charge is -2.07. The smallest absolute Gasteiger partial charge is 0.307 e. The molecule has 0 aromatic rings. The van der Waals surface area contributed by atoms with E-state index in [4.69, 9.17) is 5.11 Å². The van der Waals surface area contributed by atoms with E-state index in [2.05, 4.69) is 0 Å². The van der Waals surface area contributed by atoms with Crippen LogP contribution in [0.1, 0.15) is 26.2 Å².